The zero-order chi connectivity index (χ0) is 11.8. The number of hydrogen-bond acceptors (Lipinski definition) is 3. The average molecular weight is 229 g/mol. The maximum atomic E-state index is 3.99. The van der Waals surface area contributed by atoms with Crippen LogP contribution in [0, 0.1) is 0 Å². The van der Waals surface area contributed by atoms with Crippen LogP contribution in [0.4, 0.5) is 0 Å². The first kappa shape index (κ1) is 14.7. The van der Waals surface area contributed by atoms with Gasteiger partial charge in [-0.05, 0) is 31.5 Å². The molecule has 15 heavy (non-hydrogen) atoms. The smallest absolute Gasteiger partial charge is 0.136 e. The van der Waals surface area contributed by atoms with Crippen LogP contribution >= 0.6 is 0 Å². The molecular weight excluding hydrogens is 202 g/mol. The number of rotatable bonds is 8. The van der Waals surface area contributed by atoms with Crippen molar-refractivity contribution in [3.05, 3.63) is 11.9 Å². The van der Waals surface area contributed by atoms with E-state index >= 15 is 0 Å². The Kier molecular flexibility index (Phi) is 7.73. The molecule has 4 heteroatoms. The van der Waals surface area contributed by atoms with E-state index in [1.54, 1.807) is 0 Å². The van der Waals surface area contributed by atoms with Crippen LogP contribution in [0.15, 0.2) is 11.9 Å². The molecule has 0 aromatic heterocycles. The summed E-state index contributed by atoms with van der Waals surface area (Å²) >= 11 is 0. The summed E-state index contributed by atoms with van der Waals surface area (Å²) in [6.45, 7) is 17.1. The van der Waals surface area contributed by atoms with Crippen molar-refractivity contribution in [3.63, 3.8) is 0 Å². The van der Waals surface area contributed by atoms with Crippen molar-refractivity contribution in [1.29, 1.82) is 0 Å². The third-order valence-corrected chi connectivity index (χ3v) is 2.98. The minimum absolute atomic E-state index is 0.319. The first-order valence-corrected chi connectivity index (χ1v) is 7.00. The summed E-state index contributed by atoms with van der Waals surface area (Å²) in [6, 6.07) is 0. The van der Waals surface area contributed by atoms with Crippen molar-refractivity contribution in [1.82, 2.24) is 15.1 Å². The van der Waals surface area contributed by atoms with Crippen molar-refractivity contribution >= 4 is 10.2 Å². The van der Waals surface area contributed by atoms with Crippen LogP contribution < -0.4 is 5.32 Å². The van der Waals surface area contributed by atoms with Gasteiger partial charge in [0, 0.05) is 0 Å². The van der Waals surface area contributed by atoms with Gasteiger partial charge in [0.05, 0.1) is 10.2 Å². The Morgan fingerprint density at radius 2 is 1.40 bits per heavy atom. The van der Waals surface area contributed by atoms with Crippen LogP contribution in [0.1, 0.15) is 27.7 Å². The standard InChI is InChI=1S/C11H27N3Si/c1-6-13(7-2)11(12-10(5)15)14(8-3)9-4/h11-12H,5-9H2,1-4,15H3. The largest absolute Gasteiger partial charge is 0.366 e. The lowest BCUT2D eigenvalue weighted by Gasteiger charge is -2.39. The Morgan fingerprint density at radius 3 is 1.60 bits per heavy atom. The molecule has 0 aromatic carbocycles. The van der Waals surface area contributed by atoms with Crippen molar-refractivity contribution in [3.8, 4) is 0 Å². The zero-order valence-corrected chi connectivity index (χ0v) is 13.0. The van der Waals surface area contributed by atoms with Crippen molar-refractivity contribution in [2.75, 3.05) is 26.2 Å². The second-order valence-corrected chi connectivity index (χ2v) is 4.95. The van der Waals surface area contributed by atoms with Crippen LogP contribution in [-0.4, -0.2) is 52.5 Å². The minimum atomic E-state index is 0.319. The molecule has 0 fully saturated rings. The number of nitrogens with zero attached hydrogens (tertiary/aromatic N) is 2. The molecule has 0 saturated heterocycles. The summed E-state index contributed by atoms with van der Waals surface area (Å²) in [5, 5.41) is 4.67. The maximum Gasteiger partial charge on any atom is 0.136 e. The molecule has 1 N–H and O–H groups in total. The fourth-order valence-corrected chi connectivity index (χ4v) is 2.03. The van der Waals surface area contributed by atoms with E-state index in [1.807, 2.05) is 0 Å². The van der Waals surface area contributed by atoms with Crippen LogP contribution in [0.2, 0.25) is 0 Å². The van der Waals surface area contributed by atoms with Crippen LogP contribution in [-0.2, 0) is 0 Å². The molecule has 0 aliphatic heterocycles. The lowest BCUT2D eigenvalue weighted by atomic mass is 10.4. The highest BCUT2D eigenvalue weighted by atomic mass is 28.1. The third-order valence-electron chi connectivity index (χ3n) is 2.69. The van der Waals surface area contributed by atoms with E-state index in [-0.39, 0.29) is 0 Å². The van der Waals surface area contributed by atoms with E-state index in [9.17, 15) is 0 Å². The fourth-order valence-electron chi connectivity index (χ4n) is 1.77. The first-order valence-electron chi connectivity index (χ1n) is 6.00. The molecule has 0 aliphatic rings. The minimum Gasteiger partial charge on any atom is -0.366 e. The predicted molar refractivity (Wildman–Crippen MR) is 71.8 cm³/mol. The van der Waals surface area contributed by atoms with E-state index in [1.165, 1.54) is 5.32 Å². The van der Waals surface area contributed by atoms with Crippen LogP contribution in [0.3, 0.4) is 0 Å². The van der Waals surface area contributed by atoms with Crippen LogP contribution in [0.25, 0.3) is 0 Å². The fraction of sp³-hybridized carbons (Fsp3) is 0.818. The lowest BCUT2D eigenvalue weighted by Crippen LogP contribution is -2.56. The van der Waals surface area contributed by atoms with Gasteiger partial charge in [0.2, 0.25) is 0 Å². The van der Waals surface area contributed by atoms with E-state index in [0.29, 0.717) is 6.29 Å². The van der Waals surface area contributed by atoms with Gasteiger partial charge in [-0.1, -0.05) is 34.3 Å². The number of nitrogens with one attached hydrogen (secondary N) is 1. The summed E-state index contributed by atoms with van der Waals surface area (Å²) in [6.07, 6.45) is 0.319. The molecule has 0 atom stereocenters. The molecule has 0 rings (SSSR count). The van der Waals surface area contributed by atoms with Gasteiger partial charge in [-0.25, -0.2) is 0 Å². The Balaban J connectivity index is 4.59. The summed E-state index contributed by atoms with van der Waals surface area (Å²) < 4.78 is 0. The van der Waals surface area contributed by atoms with E-state index in [2.05, 4.69) is 49.4 Å². The van der Waals surface area contributed by atoms with Crippen molar-refractivity contribution in [2.45, 2.75) is 34.0 Å². The Labute approximate surface area is 97.9 Å². The predicted octanol–water partition coefficient (Wildman–Crippen LogP) is 0.380. The van der Waals surface area contributed by atoms with Crippen molar-refractivity contribution in [2.24, 2.45) is 0 Å². The SMILES string of the molecule is C=C([SiH3])NC(N(CC)CC)N(CC)CC. The summed E-state index contributed by atoms with van der Waals surface area (Å²) in [7, 11) is 1.01. The molecular formula is C11H27N3Si. The van der Waals surface area contributed by atoms with Gasteiger partial charge in [-0.3, -0.25) is 9.80 Å². The molecule has 0 radical (unpaired) electrons. The third kappa shape index (κ3) is 4.82. The molecule has 0 aromatic rings. The van der Waals surface area contributed by atoms with E-state index in [4.69, 9.17) is 0 Å². The highest BCUT2D eigenvalue weighted by Gasteiger charge is 2.20. The molecule has 0 spiro atoms. The monoisotopic (exact) mass is 229 g/mol. The summed E-state index contributed by atoms with van der Waals surface area (Å²) in [4.78, 5) is 4.85. The quantitative estimate of drug-likeness (QED) is 0.479. The van der Waals surface area contributed by atoms with Gasteiger partial charge in [0.15, 0.2) is 0 Å². The highest BCUT2D eigenvalue weighted by molar-refractivity contribution is 6.20. The van der Waals surface area contributed by atoms with Crippen molar-refractivity contribution < 1.29 is 0 Å². The summed E-state index contributed by atoms with van der Waals surface area (Å²) in [5.74, 6) is 0. The molecule has 3 nitrogen and oxygen atoms in total. The van der Waals surface area contributed by atoms with E-state index in [0.717, 1.165) is 36.4 Å². The molecule has 0 saturated carbocycles. The van der Waals surface area contributed by atoms with Crippen LogP contribution in [0.5, 0.6) is 0 Å². The average Bonchev–Trinajstić information content (AvgIpc) is 2.20. The Hall–Kier alpha value is -0.323. The lowest BCUT2D eigenvalue weighted by molar-refractivity contribution is 0.0401. The highest BCUT2D eigenvalue weighted by Crippen LogP contribution is 2.04. The Morgan fingerprint density at radius 1 is 1.07 bits per heavy atom. The number of hydrogen-bond donors (Lipinski definition) is 1. The molecule has 0 amide bonds. The van der Waals surface area contributed by atoms with Gasteiger partial charge in [-0.15, -0.1) is 0 Å². The molecule has 0 bridgehead atoms. The molecule has 0 heterocycles. The topological polar surface area (TPSA) is 18.5 Å². The molecule has 90 valence electrons. The first-order chi connectivity index (χ1) is 7.10. The van der Waals surface area contributed by atoms with Gasteiger partial charge < -0.3 is 5.32 Å². The Bertz CT molecular complexity index is 165. The van der Waals surface area contributed by atoms with Gasteiger partial charge in [-0.2, -0.15) is 0 Å². The second kappa shape index (κ2) is 7.90. The molecule has 0 unspecified atom stereocenters. The van der Waals surface area contributed by atoms with Gasteiger partial charge in [0.25, 0.3) is 0 Å². The van der Waals surface area contributed by atoms with Gasteiger partial charge >= 0.3 is 0 Å². The molecule has 0 aliphatic carbocycles. The summed E-state index contributed by atoms with van der Waals surface area (Å²) in [5.41, 5.74) is 0. The second-order valence-electron chi connectivity index (χ2n) is 3.74. The maximum absolute atomic E-state index is 3.99. The van der Waals surface area contributed by atoms with Gasteiger partial charge in [0.1, 0.15) is 6.29 Å². The van der Waals surface area contributed by atoms with E-state index < -0.39 is 0 Å². The zero-order valence-electron chi connectivity index (χ0n) is 11.0. The normalized spacial score (nSPS) is 11.7.